The molecule has 0 amide bonds. The Kier molecular flexibility index (Phi) is 6.66. The Bertz CT molecular complexity index is 1130. The summed E-state index contributed by atoms with van der Waals surface area (Å²) in [7, 11) is 3.23. The molecule has 0 radical (unpaired) electrons. The van der Waals surface area contributed by atoms with Crippen LogP contribution >= 0.6 is 0 Å². The number of aliphatic hydroxyl groups is 1. The number of hydrogen-bond acceptors (Lipinski definition) is 4. The molecule has 3 rings (SSSR count). The fourth-order valence-corrected chi connectivity index (χ4v) is 4.16. The fraction of sp³-hybridized carbons (Fsp3) is 0.458. The number of pyridine rings is 1. The summed E-state index contributed by atoms with van der Waals surface area (Å²) >= 11 is 0. The van der Waals surface area contributed by atoms with Crippen LogP contribution in [0, 0.1) is 5.82 Å². The molecule has 0 saturated heterocycles. The summed E-state index contributed by atoms with van der Waals surface area (Å²) < 4.78 is 61.7. The van der Waals surface area contributed by atoms with Crippen molar-refractivity contribution in [1.29, 1.82) is 0 Å². The first-order valence-electron chi connectivity index (χ1n) is 10.6. The van der Waals surface area contributed by atoms with Gasteiger partial charge in [0.25, 0.3) is 0 Å². The maximum absolute atomic E-state index is 14.2. The molecule has 0 aliphatic heterocycles. The van der Waals surface area contributed by atoms with E-state index < -0.39 is 35.9 Å². The lowest BCUT2D eigenvalue weighted by atomic mass is 9.73. The number of halogens is 4. The van der Waals surface area contributed by atoms with Gasteiger partial charge in [-0.2, -0.15) is 13.2 Å². The molecule has 1 aromatic carbocycles. The highest BCUT2D eigenvalue weighted by molar-refractivity contribution is 5.82. The van der Waals surface area contributed by atoms with E-state index in [1.807, 2.05) is 18.9 Å². The number of anilines is 1. The average molecular weight is 468 g/mol. The predicted molar refractivity (Wildman–Crippen MR) is 120 cm³/mol. The molecule has 0 fully saturated rings. The molecule has 2 aromatic heterocycles. The van der Waals surface area contributed by atoms with Crippen molar-refractivity contribution in [3.8, 4) is 5.75 Å². The van der Waals surface area contributed by atoms with Crippen molar-refractivity contribution >= 4 is 16.7 Å². The number of nitrogens with zero attached hydrogens (tertiary/aromatic N) is 2. The molecule has 0 saturated carbocycles. The first-order chi connectivity index (χ1) is 15.3. The Morgan fingerprint density at radius 3 is 2.45 bits per heavy atom. The Labute approximate surface area is 190 Å². The average Bonchev–Trinajstić information content (AvgIpc) is 3.12. The number of nitrogens with one attached hydrogen (secondary N) is 1. The molecule has 180 valence electrons. The van der Waals surface area contributed by atoms with Crippen LogP contribution in [0.5, 0.6) is 5.75 Å². The SMILES string of the molecule is CCN(C)c1cc2cc(CC(O)(CC(C)(C)c3cc(F)ccc3OC)C(F)(F)F)[nH]c2cn1. The zero-order valence-electron chi connectivity index (χ0n) is 19.3. The van der Waals surface area contributed by atoms with Crippen LogP contribution in [0.3, 0.4) is 0 Å². The van der Waals surface area contributed by atoms with E-state index in [2.05, 4.69) is 9.97 Å². The van der Waals surface area contributed by atoms with Gasteiger partial charge < -0.3 is 19.7 Å². The molecule has 9 heteroatoms. The zero-order valence-corrected chi connectivity index (χ0v) is 19.3. The number of H-pyrrole nitrogens is 1. The Morgan fingerprint density at radius 2 is 1.85 bits per heavy atom. The number of hydrogen-bond donors (Lipinski definition) is 2. The third-order valence-corrected chi connectivity index (χ3v) is 6.05. The van der Waals surface area contributed by atoms with Gasteiger partial charge in [0.05, 0.1) is 18.8 Å². The number of methoxy groups -OCH3 is 1. The second-order valence-corrected chi connectivity index (χ2v) is 9.05. The lowest BCUT2D eigenvalue weighted by Crippen LogP contribution is -2.51. The van der Waals surface area contributed by atoms with Gasteiger partial charge in [-0.3, -0.25) is 0 Å². The van der Waals surface area contributed by atoms with Gasteiger partial charge in [0.2, 0.25) is 0 Å². The summed E-state index contributed by atoms with van der Waals surface area (Å²) in [4.78, 5) is 9.17. The van der Waals surface area contributed by atoms with E-state index in [4.69, 9.17) is 4.74 Å². The van der Waals surface area contributed by atoms with Crippen LogP contribution in [0.15, 0.2) is 36.5 Å². The standard InChI is InChI=1S/C24H29F4N3O2/c1-6-31(4)21-10-15-9-17(30-19(15)13-29-21)12-23(32,24(26,27)28)14-22(2,3)18-11-16(25)7-8-20(18)33-5/h7-11,13,30,32H,6,12,14H2,1-5H3. The summed E-state index contributed by atoms with van der Waals surface area (Å²) in [5.74, 6) is 0.363. The summed E-state index contributed by atoms with van der Waals surface area (Å²) in [6, 6.07) is 7.07. The number of aromatic amines is 1. The van der Waals surface area contributed by atoms with E-state index in [9.17, 15) is 22.7 Å². The highest BCUT2D eigenvalue weighted by Gasteiger charge is 2.56. The maximum atomic E-state index is 14.2. The first kappa shape index (κ1) is 24.8. The number of aromatic nitrogens is 2. The van der Waals surface area contributed by atoms with Crippen LogP contribution in [0.1, 0.15) is 38.4 Å². The third-order valence-electron chi connectivity index (χ3n) is 6.05. The van der Waals surface area contributed by atoms with E-state index in [-0.39, 0.29) is 17.0 Å². The molecule has 0 aliphatic carbocycles. The Hall–Kier alpha value is -2.81. The van der Waals surface area contributed by atoms with Gasteiger partial charge in [-0.05, 0) is 49.1 Å². The molecule has 3 aromatic rings. The van der Waals surface area contributed by atoms with Gasteiger partial charge in [0, 0.05) is 36.7 Å². The Morgan fingerprint density at radius 1 is 1.15 bits per heavy atom. The lowest BCUT2D eigenvalue weighted by molar-refractivity contribution is -0.266. The molecule has 0 spiro atoms. The fourth-order valence-electron chi connectivity index (χ4n) is 4.16. The van der Waals surface area contributed by atoms with Crippen molar-refractivity contribution in [2.75, 3.05) is 25.6 Å². The van der Waals surface area contributed by atoms with Gasteiger partial charge in [-0.15, -0.1) is 0 Å². The monoisotopic (exact) mass is 467 g/mol. The van der Waals surface area contributed by atoms with E-state index >= 15 is 0 Å². The van der Waals surface area contributed by atoms with Crippen LogP contribution in [-0.2, 0) is 11.8 Å². The number of alkyl halides is 3. The van der Waals surface area contributed by atoms with Crippen molar-refractivity contribution in [3.63, 3.8) is 0 Å². The number of ether oxygens (including phenoxy) is 1. The summed E-state index contributed by atoms with van der Waals surface area (Å²) in [6.07, 6.45) is -4.74. The zero-order chi connectivity index (χ0) is 24.6. The Balaban J connectivity index is 1.97. The van der Waals surface area contributed by atoms with E-state index in [0.717, 1.165) is 12.6 Å². The minimum atomic E-state index is -4.92. The molecule has 1 unspecified atom stereocenters. The maximum Gasteiger partial charge on any atom is 0.417 e. The molecule has 33 heavy (non-hydrogen) atoms. The minimum absolute atomic E-state index is 0.227. The minimum Gasteiger partial charge on any atom is -0.496 e. The quantitative estimate of drug-likeness (QED) is 0.437. The molecule has 1 atom stereocenters. The highest BCUT2D eigenvalue weighted by atomic mass is 19.4. The van der Waals surface area contributed by atoms with Gasteiger partial charge in [-0.1, -0.05) is 13.8 Å². The molecule has 2 heterocycles. The normalized spacial score (nSPS) is 14.4. The first-order valence-corrected chi connectivity index (χ1v) is 10.6. The molecular weight excluding hydrogens is 438 g/mol. The van der Waals surface area contributed by atoms with E-state index in [1.54, 1.807) is 18.3 Å². The molecule has 0 bridgehead atoms. The highest BCUT2D eigenvalue weighted by Crippen LogP contribution is 2.45. The van der Waals surface area contributed by atoms with Crippen LogP contribution in [-0.4, -0.2) is 47.6 Å². The molecular formula is C24H29F4N3O2. The van der Waals surface area contributed by atoms with Gasteiger partial charge in [0.1, 0.15) is 17.4 Å². The van der Waals surface area contributed by atoms with Crippen molar-refractivity contribution in [3.05, 3.63) is 53.6 Å². The number of fused-ring (bicyclic) bond motifs is 1. The number of benzene rings is 1. The van der Waals surface area contributed by atoms with Crippen LogP contribution in [0.4, 0.5) is 23.4 Å². The predicted octanol–water partition coefficient (Wildman–Crippen LogP) is 5.37. The lowest BCUT2D eigenvalue weighted by Gasteiger charge is -2.38. The second-order valence-electron chi connectivity index (χ2n) is 9.05. The molecule has 5 nitrogen and oxygen atoms in total. The van der Waals surface area contributed by atoms with E-state index in [1.165, 1.54) is 33.1 Å². The smallest absolute Gasteiger partial charge is 0.417 e. The summed E-state index contributed by atoms with van der Waals surface area (Å²) in [5, 5.41) is 11.6. The van der Waals surface area contributed by atoms with Gasteiger partial charge in [-0.25, -0.2) is 9.37 Å². The van der Waals surface area contributed by atoms with E-state index in [0.29, 0.717) is 16.7 Å². The van der Waals surface area contributed by atoms with Crippen LogP contribution in [0.2, 0.25) is 0 Å². The van der Waals surface area contributed by atoms with Crippen molar-refractivity contribution in [2.45, 2.75) is 50.8 Å². The van der Waals surface area contributed by atoms with Gasteiger partial charge >= 0.3 is 6.18 Å². The summed E-state index contributed by atoms with van der Waals surface area (Å²) in [5.41, 5.74) is -3.26. The van der Waals surface area contributed by atoms with Gasteiger partial charge in [0.15, 0.2) is 5.60 Å². The van der Waals surface area contributed by atoms with Crippen molar-refractivity contribution in [2.24, 2.45) is 0 Å². The van der Waals surface area contributed by atoms with Crippen LogP contribution < -0.4 is 9.64 Å². The second kappa shape index (κ2) is 8.85. The number of rotatable bonds is 8. The third kappa shape index (κ3) is 5.08. The molecule has 0 aliphatic rings. The van der Waals surface area contributed by atoms with Crippen LogP contribution in [0.25, 0.3) is 10.9 Å². The topological polar surface area (TPSA) is 61.4 Å². The van der Waals surface area contributed by atoms with Crippen molar-refractivity contribution < 1.29 is 27.4 Å². The molecule has 2 N–H and O–H groups in total. The van der Waals surface area contributed by atoms with Crippen molar-refractivity contribution in [1.82, 2.24) is 9.97 Å². The summed E-state index contributed by atoms with van der Waals surface area (Å²) in [6.45, 7) is 5.75. The largest absolute Gasteiger partial charge is 0.496 e.